The lowest BCUT2D eigenvalue weighted by molar-refractivity contribution is 0.102. The molecule has 2 heterocycles. The molecule has 6 nitrogen and oxygen atoms in total. The topological polar surface area (TPSA) is 61.4 Å². The number of amides is 1. The van der Waals surface area contributed by atoms with Crippen LogP contribution in [0.25, 0.3) is 0 Å². The quantitative estimate of drug-likeness (QED) is 0.919. The number of hydrogen-bond donors (Lipinski definition) is 1. The molecule has 0 radical (unpaired) electrons. The second kappa shape index (κ2) is 7.41. The van der Waals surface area contributed by atoms with Crippen molar-refractivity contribution in [3.05, 3.63) is 46.3 Å². The number of nitrogens with zero attached hydrogens (tertiary/aromatic N) is 4. The van der Waals surface area contributed by atoms with Crippen molar-refractivity contribution in [1.29, 1.82) is 0 Å². The lowest BCUT2D eigenvalue weighted by Gasteiger charge is -2.32. The van der Waals surface area contributed by atoms with Gasteiger partial charge in [-0.3, -0.25) is 4.79 Å². The lowest BCUT2D eigenvalue weighted by atomic mass is 10.1. The van der Waals surface area contributed by atoms with Crippen LogP contribution in [0, 0.1) is 27.7 Å². The number of likely N-dealkylation sites (N-methyl/N-ethyl adjacent to an activating group) is 1. The predicted molar refractivity (Wildman–Crippen MR) is 105 cm³/mol. The highest BCUT2D eigenvalue weighted by atomic mass is 16.1. The second-order valence-electron chi connectivity index (χ2n) is 7.13. The number of hydrogen-bond acceptors (Lipinski definition) is 5. The zero-order valence-corrected chi connectivity index (χ0v) is 16.3. The van der Waals surface area contributed by atoms with Gasteiger partial charge in [-0.15, -0.1) is 0 Å². The summed E-state index contributed by atoms with van der Waals surface area (Å²) in [6, 6.07) is 5.83. The summed E-state index contributed by atoms with van der Waals surface area (Å²) < 4.78 is 0. The fraction of sp³-hybridized carbons (Fsp3) is 0.450. The molecule has 1 aliphatic rings. The van der Waals surface area contributed by atoms with Crippen LogP contribution in [-0.2, 0) is 0 Å². The molecule has 0 unspecified atom stereocenters. The molecule has 26 heavy (non-hydrogen) atoms. The summed E-state index contributed by atoms with van der Waals surface area (Å²) >= 11 is 0. The lowest BCUT2D eigenvalue weighted by Crippen LogP contribution is -2.45. The van der Waals surface area contributed by atoms with E-state index in [1.54, 1.807) is 0 Å². The molecular formula is C20H27N5O. The molecule has 6 heteroatoms. The maximum absolute atomic E-state index is 12.7. The van der Waals surface area contributed by atoms with Crippen LogP contribution in [0.1, 0.15) is 32.9 Å². The first kappa shape index (κ1) is 18.3. The van der Waals surface area contributed by atoms with Crippen LogP contribution < -0.4 is 10.2 Å². The molecule has 0 spiro atoms. The molecule has 0 atom stereocenters. The molecule has 0 bridgehead atoms. The van der Waals surface area contributed by atoms with Crippen LogP contribution in [0.3, 0.4) is 0 Å². The maximum Gasteiger partial charge on any atom is 0.256 e. The van der Waals surface area contributed by atoms with Crippen molar-refractivity contribution in [2.45, 2.75) is 27.7 Å². The molecule has 0 saturated carbocycles. The van der Waals surface area contributed by atoms with Gasteiger partial charge < -0.3 is 15.1 Å². The summed E-state index contributed by atoms with van der Waals surface area (Å²) in [7, 11) is 2.13. The number of piperazine rings is 1. The Bertz CT molecular complexity index is 802. The molecule has 0 aliphatic carbocycles. The molecule has 1 amide bonds. The fourth-order valence-electron chi connectivity index (χ4n) is 3.28. The van der Waals surface area contributed by atoms with Gasteiger partial charge in [-0.25, -0.2) is 9.97 Å². The zero-order valence-electron chi connectivity index (χ0n) is 16.3. The van der Waals surface area contributed by atoms with Gasteiger partial charge in [-0.1, -0.05) is 17.7 Å². The number of benzene rings is 1. The van der Waals surface area contributed by atoms with Crippen LogP contribution in [0.4, 0.5) is 11.6 Å². The van der Waals surface area contributed by atoms with Gasteiger partial charge in [0.15, 0.2) is 0 Å². The standard InChI is InChI=1S/C20H27N5O/c1-13-6-7-17(14(2)12-13)19(26)23-18-15(3)21-20(22-16(18)4)25-10-8-24(5)9-11-25/h6-7,12H,8-11H2,1-5H3,(H,23,26). The minimum atomic E-state index is -0.121. The smallest absolute Gasteiger partial charge is 0.256 e. The summed E-state index contributed by atoms with van der Waals surface area (Å²) in [4.78, 5) is 26.5. The largest absolute Gasteiger partial charge is 0.338 e. The monoisotopic (exact) mass is 353 g/mol. The average Bonchev–Trinajstić information content (AvgIpc) is 2.58. The van der Waals surface area contributed by atoms with Crippen LogP contribution in [0.15, 0.2) is 18.2 Å². The minimum Gasteiger partial charge on any atom is -0.338 e. The predicted octanol–water partition coefficient (Wildman–Crippen LogP) is 2.71. The van der Waals surface area contributed by atoms with Gasteiger partial charge >= 0.3 is 0 Å². The molecule has 1 aliphatic heterocycles. The van der Waals surface area contributed by atoms with Gasteiger partial charge in [-0.2, -0.15) is 0 Å². The Morgan fingerprint density at radius 1 is 1.00 bits per heavy atom. The number of carbonyl (C=O) groups is 1. The van der Waals surface area contributed by atoms with Crippen LogP contribution in [0.5, 0.6) is 0 Å². The first-order valence-electron chi connectivity index (χ1n) is 9.02. The highest BCUT2D eigenvalue weighted by molar-refractivity contribution is 6.05. The van der Waals surface area contributed by atoms with Gasteiger partial charge in [-0.05, 0) is 46.4 Å². The second-order valence-corrected chi connectivity index (χ2v) is 7.13. The van der Waals surface area contributed by atoms with E-state index in [2.05, 4.69) is 32.1 Å². The van der Waals surface area contributed by atoms with Crippen molar-refractivity contribution in [2.24, 2.45) is 0 Å². The van der Waals surface area contributed by atoms with Crippen molar-refractivity contribution in [2.75, 3.05) is 43.4 Å². The molecular weight excluding hydrogens is 326 g/mol. The number of aromatic nitrogens is 2. The molecule has 1 aromatic heterocycles. The molecule has 1 aromatic carbocycles. The molecule has 1 fully saturated rings. The van der Waals surface area contributed by atoms with Crippen molar-refractivity contribution < 1.29 is 4.79 Å². The average molecular weight is 353 g/mol. The van der Waals surface area contributed by atoms with Gasteiger partial charge in [0.1, 0.15) is 0 Å². The first-order valence-corrected chi connectivity index (χ1v) is 9.02. The van der Waals surface area contributed by atoms with Crippen LogP contribution in [0.2, 0.25) is 0 Å². The Balaban J connectivity index is 1.81. The summed E-state index contributed by atoms with van der Waals surface area (Å²) in [6.45, 7) is 11.7. The number of anilines is 2. The van der Waals surface area contributed by atoms with Gasteiger partial charge in [0.25, 0.3) is 5.91 Å². The van der Waals surface area contributed by atoms with E-state index in [0.29, 0.717) is 11.3 Å². The van der Waals surface area contributed by atoms with E-state index in [1.807, 2.05) is 45.9 Å². The van der Waals surface area contributed by atoms with Crippen LogP contribution in [-0.4, -0.2) is 54.0 Å². The van der Waals surface area contributed by atoms with E-state index in [-0.39, 0.29) is 5.91 Å². The number of carbonyl (C=O) groups excluding carboxylic acids is 1. The van der Waals surface area contributed by atoms with Gasteiger partial charge in [0.2, 0.25) is 5.95 Å². The molecule has 1 saturated heterocycles. The number of nitrogens with one attached hydrogen (secondary N) is 1. The molecule has 1 N–H and O–H groups in total. The summed E-state index contributed by atoms with van der Waals surface area (Å²) in [5.74, 6) is 0.627. The van der Waals surface area contributed by atoms with E-state index in [1.165, 1.54) is 0 Å². The third-order valence-electron chi connectivity index (χ3n) is 4.91. The van der Waals surface area contributed by atoms with E-state index in [4.69, 9.17) is 0 Å². The molecule has 3 rings (SSSR count). The first-order chi connectivity index (χ1) is 12.3. The van der Waals surface area contributed by atoms with Crippen molar-refractivity contribution >= 4 is 17.5 Å². The Hall–Kier alpha value is -2.47. The number of aryl methyl sites for hydroxylation is 4. The third-order valence-corrected chi connectivity index (χ3v) is 4.91. The van der Waals surface area contributed by atoms with E-state index >= 15 is 0 Å². The van der Waals surface area contributed by atoms with Crippen molar-refractivity contribution in [3.8, 4) is 0 Å². The number of rotatable bonds is 3. The maximum atomic E-state index is 12.7. The highest BCUT2D eigenvalue weighted by Gasteiger charge is 2.20. The van der Waals surface area contributed by atoms with Gasteiger partial charge in [0.05, 0.1) is 17.1 Å². The zero-order chi connectivity index (χ0) is 18.8. The molecule has 138 valence electrons. The Morgan fingerprint density at radius 3 is 2.19 bits per heavy atom. The SMILES string of the molecule is Cc1ccc(C(=O)Nc2c(C)nc(N3CCN(C)CC3)nc2C)c(C)c1. The Kier molecular flexibility index (Phi) is 5.23. The van der Waals surface area contributed by atoms with E-state index in [9.17, 15) is 4.79 Å². The Morgan fingerprint density at radius 2 is 1.62 bits per heavy atom. The third kappa shape index (κ3) is 3.85. The van der Waals surface area contributed by atoms with Crippen molar-refractivity contribution in [1.82, 2.24) is 14.9 Å². The fourth-order valence-corrected chi connectivity index (χ4v) is 3.28. The highest BCUT2D eigenvalue weighted by Crippen LogP contribution is 2.22. The summed E-state index contributed by atoms with van der Waals surface area (Å²) in [5.41, 5.74) is 5.08. The minimum absolute atomic E-state index is 0.121. The van der Waals surface area contributed by atoms with Crippen LogP contribution >= 0.6 is 0 Å². The summed E-state index contributed by atoms with van der Waals surface area (Å²) in [6.07, 6.45) is 0. The van der Waals surface area contributed by atoms with Gasteiger partial charge in [0, 0.05) is 31.7 Å². The molecule has 2 aromatic rings. The van der Waals surface area contributed by atoms with Crippen molar-refractivity contribution in [3.63, 3.8) is 0 Å². The normalized spacial score (nSPS) is 15.2. The Labute approximate surface area is 155 Å². The summed E-state index contributed by atoms with van der Waals surface area (Å²) in [5, 5.41) is 3.00. The van der Waals surface area contributed by atoms with E-state index < -0.39 is 0 Å². The van der Waals surface area contributed by atoms with E-state index in [0.717, 1.165) is 54.6 Å².